The number of carbonyl (C=O) groups is 1. The van der Waals surface area contributed by atoms with Gasteiger partial charge in [-0.25, -0.2) is 4.98 Å². The highest BCUT2D eigenvalue weighted by Gasteiger charge is 2.44. The van der Waals surface area contributed by atoms with Crippen molar-refractivity contribution in [1.29, 1.82) is 0 Å². The minimum absolute atomic E-state index is 0.0411. The van der Waals surface area contributed by atoms with E-state index in [4.69, 9.17) is 0 Å². The maximum atomic E-state index is 13.1. The van der Waals surface area contributed by atoms with Crippen LogP contribution in [0.25, 0.3) is 0 Å². The Morgan fingerprint density at radius 3 is 2.46 bits per heavy atom. The number of aromatic amines is 1. The first-order valence-electron chi connectivity index (χ1n) is 9.41. The van der Waals surface area contributed by atoms with Crippen LogP contribution in [0.4, 0.5) is 0 Å². The molecule has 4 rings (SSSR count). The third-order valence-electron chi connectivity index (χ3n) is 5.85. The van der Waals surface area contributed by atoms with Crippen molar-refractivity contribution in [3.05, 3.63) is 62.8 Å². The van der Waals surface area contributed by atoms with E-state index < -0.39 is 0 Å². The summed E-state index contributed by atoms with van der Waals surface area (Å²) in [4.78, 5) is 34.4. The van der Waals surface area contributed by atoms with E-state index in [1.165, 1.54) is 11.1 Å². The van der Waals surface area contributed by atoms with Gasteiger partial charge in [0.25, 0.3) is 11.5 Å². The van der Waals surface area contributed by atoms with Crippen LogP contribution in [0.15, 0.2) is 29.1 Å². The van der Waals surface area contributed by atoms with Crippen molar-refractivity contribution < 1.29 is 4.79 Å². The predicted molar refractivity (Wildman–Crippen MR) is 100 cm³/mol. The summed E-state index contributed by atoms with van der Waals surface area (Å²) in [5, 5.41) is 0. The smallest absolute Gasteiger partial charge is 0.279 e. The average molecular weight is 351 g/mol. The maximum Gasteiger partial charge on any atom is 0.279 e. The number of hydrogen-bond donors (Lipinski definition) is 1. The van der Waals surface area contributed by atoms with Gasteiger partial charge in [0, 0.05) is 17.8 Å². The number of nitrogens with zero attached hydrogens (tertiary/aromatic N) is 2. The van der Waals surface area contributed by atoms with Gasteiger partial charge in [0.2, 0.25) is 0 Å². The van der Waals surface area contributed by atoms with E-state index in [0.29, 0.717) is 17.3 Å². The van der Waals surface area contributed by atoms with E-state index in [2.05, 4.69) is 41.2 Å². The van der Waals surface area contributed by atoms with Gasteiger partial charge in [0.1, 0.15) is 0 Å². The number of carbonyl (C=O) groups excluding carboxylic acids is 1. The lowest BCUT2D eigenvalue weighted by Gasteiger charge is -2.43. The first kappa shape index (κ1) is 17.0. The van der Waals surface area contributed by atoms with Gasteiger partial charge in [-0.3, -0.25) is 9.59 Å². The monoisotopic (exact) mass is 351 g/mol. The van der Waals surface area contributed by atoms with Gasteiger partial charge in [-0.2, -0.15) is 0 Å². The molecule has 2 fully saturated rings. The van der Waals surface area contributed by atoms with Crippen molar-refractivity contribution in [1.82, 2.24) is 14.9 Å². The Morgan fingerprint density at radius 2 is 1.81 bits per heavy atom. The Balaban J connectivity index is 1.55. The van der Waals surface area contributed by atoms with E-state index in [-0.39, 0.29) is 29.2 Å². The molecule has 5 nitrogen and oxygen atoms in total. The highest BCUT2D eigenvalue weighted by molar-refractivity contribution is 5.92. The van der Waals surface area contributed by atoms with E-state index in [0.717, 1.165) is 25.7 Å². The summed E-state index contributed by atoms with van der Waals surface area (Å²) < 4.78 is 0. The topological polar surface area (TPSA) is 66.1 Å². The Morgan fingerprint density at radius 1 is 1.12 bits per heavy atom. The van der Waals surface area contributed by atoms with Crippen molar-refractivity contribution in [3.63, 3.8) is 0 Å². The van der Waals surface area contributed by atoms with Crippen LogP contribution in [0.3, 0.4) is 0 Å². The highest BCUT2D eigenvalue weighted by Crippen LogP contribution is 2.44. The summed E-state index contributed by atoms with van der Waals surface area (Å²) in [5.41, 5.74) is 3.78. The van der Waals surface area contributed by atoms with Crippen LogP contribution in [0.1, 0.15) is 64.6 Å². The molecule has 2 saturated carbocycles. The van der Waals surface area contributed by atoms with Crippen molar-refractivity contribution in [2.45, 2.75) is 64.5 Å². The zero-order valence-corrected chi connectivity index (χ0v) is 15.6. The Kier molecular flexibility index (Phi) is 4.17. The quantitative estimate of drug-likeness (QED) is 0.919. The normalized spacial score (nSPS) is 22.0. The van der Waals surface area contributed by atoms with Gasteiger partial charge in [-0.05, 0) is 63.5 Å². The van der Waals surface area contributed by atoms with Gasteiger partial charge in [0.15, 0.2) is 5.69 Å². The third kappa shape index (κ3) is 2.96. The fourth-order valence-electron chi connectivity index (χ4n) is 3.99. The lowest BCUT2D eigenvalue weighted by Crippen LogP contribution is -2.50. The number of aromatic nitrogens is 2. The SMILES string of the molecule is Cc1ccccc1C1CC(N(C(=O)c2nc(C)c(C)[nH]c2=O)C2CC2)C1. The molecule has 0 spiro atoms. The molecule has 1 aromatic carbocycles. The largest absolute Gasteiger partial charge is 0.331 e. The van der Waals surface area contributed by atoms with Gasteiger partial charge in [-0.15, -0.1) is 0 Å². The maximum absolute atomic E-state index is 13.1. The molecule has 0 aliphatic heterocycles. The first-order valence-corrected chi connectivity index (χ1v) is 9.41. The molecule has 1 aromatic heterocycles. The minimum Gasteiger partial charge on any atom is -0.331 e. The molecule has 0 atom stereocenters. The minimum atomic E-state index is -0.376. The fourth-order valence-corrected chi connectivity index (χ4v) is 3.99. The molecule has 2 aromatic rings. The number of nitrogens with one attached hydrogen (secondary N) is 1. The Bertz CT molecular complexity index is 908. The molecule has 26 heavy (non-hydrogen) atoms. The van der Waals surface area contributed by atoms with Crippen LogP contribution in [0.5, 0.6) is 0 Å². The molecule has 1 amide bonds. The third-order valence-corrected chi connectivity index (χ3v) is 5.85. The lowest BCUT2D eigenvalue weighted by atomic mass is 9.73. The van der Waals surface area contributed by atoms with Crippen molar-refractivity contribution >= 4 is 5.91 Å². The van der Waals surface area contributed by atoms with Crippen LogP contribution in [0, 0.1) is 20.8 Å². The Labute approximate surface area is 153 Å². The van der Waals surface area contributed by atoms with Crippen molar-refractivity contribution in [2.75, 3.05) is 0 Å². The zero-order valence-electron chi connectivity index (χ0n) is 15.6. The van der Waals surface area contributed by atoms with Gasteiger partial charge in [-0.1, -0.05) is 24.3 Å². The standard InChI is InChI=1S/C21H25N3O2/c1-12-6-4-5-7-18(12)15-10-17(11-15)24(16-8-9-16)21(26)19-20(25)23-14(3)13(2)22-19/h4-7,15-17H,8-11H2,1-3H3,(H,23,25). The Hall–Kier alpha value is -2.43. The predicted octanol–water partition coefficient (Wildman–Crippen LogP) is 3.25. The van der Waals surface area contributed by atoms with E-state index in [1.54, 1.807) is 6.92 Å². The number of rotatable bonds is 4. The number of H-pyrrole nitrogens is 1. The summed E-state index contributed by atoms with van der Waals surface area (Å²) in [6.45, 7) is 5.77. The van der Waals surface area contributed by atoms with Gasteiger partial charge < -0.3 is 9.88 Å². The van der Waals surface area contributed by atoms with Crippen LogP contribution in [-0.2, 0) is 0 Å². The molecule has 2 aliphatic rings. The molecule has 1 N–H and O–H groups in total. The first-order chi connectivity index (χ1) is 12.5. The van der Waals surface area contributed by atoms with E-state index >= 15 is 0 Å². The zero-order chi connectivity index (χ0) is 18.4. The summed E-state index contributed by atoms with van der Waals surface area (Å²) >= 11 is 0. The molecule has 0 radical (unpaired) electrons. The molecule has 5 heteroatoms. The van der Waals surface area contributed by atoms with Crippen LogP contribution in [-0.4, -0.2) is 32.9 Å². The molecule has 0 bridgehead atoms. The van der Waals surface area contributed by atoms with E-state index in [1.807, 2.05) is 11.8 Å². The molecule has 136 valence electrons. The molecule has 0 unspecified atom stereocenters. The second-order valence-corrected chi connectivity index (χ2v) is 7.75. The molecule has 0 saturated heterocycles. The summed E-state index contributed by atoms with van der Waals surface area (Å²) in [7, 11) is 0. The summed E-state index contributed by atoms with van der Waals surface area (Å²) in [6.07, 6.45) is 3.99. The number of hydrogen-bond acceptors (Lipinski definition) is 3. The summed E-state index contributed by atoms with van der Waals surface area (Å²) in [6, 6.07) is 8.96. The number of aryl methyl sites for hydroxylation is 3. The van der Waals surface area contributed by atoms with Crippen LogP contribution >= 0.6 is 0 Å². The molecule has 1 heterocycles. The van der Waals surface area contributed by atoms with Crippen LogP contribution in [0.2, 0.25) is 0 Å². The molecule has 2 aliphatic carbocycles. The van der Waals surface area contributed by atoms with E-state index in [9.17, 15) is 9.59 Å². The number of amides is 1. The second kappa shape index (κ2) is 6.38. The highest BCUT2D eigenvalue weighted by atomic mass is 16.2. The fraction of sp³-hybridized carbons (Fsp3) is 0.476. The van der Waals surface area contributed by atoms with Gasteiger partial charge in [0.05, 0.1) is 5.69 Å². The summed E-state index contributed by atoms with van der Waals surface area (Å²) in [5.74, 6) is 0.298. The second-order valence-electron chi connectivity index (χ2n) is 7.75. The molecular weight excluding hydrogens is 326 g/mol. The van der Waals surface area contributed by atoms with Crippen LogP contribution < -0.4 is 5.56 Å². The lowest BCUT2D eigenvalue weighted by molar-refractivity contribution is 0.0508. The van der Waals surface area contributed by atoms with Crippen molar-refractivity contribution in [3.8, 4) is 0 Å². The average Bonchev–Trinajstić information content (AvgIpc) is 3.39. The van der Waals surface area contributed by atoms with Gasteiger partial charge >= 0.3 is 0 Å². The number of benzene rings is 1. The molecular formula is C21H25N3O2. The van der Waals surface area contributed by atoms with Crippen molar-refractivity contribution in [2.24, 2.45) is 0 Å².